The van der Waals surface area contributed by atoms with Gasteiger partial charge in [-0.3, -0.25) is 0 Å². The lowest BCUT2D eigenvalue weighted by Gasteiger charge is -2.18. The molecular formula is C12H16ClNO3S. The summed E-state index contributed by atoms with van der Waals surface area (Å²) in [7, 11) is -2.15. The van der Waals surface area contributed by atoms with Crippen molar-refractivity contribution >= 4 is 21.6 Å². The van der Waals surface area contributed by atoms with Crippen LogP contribution in [0.3, 0.4) is 0 Å². The molecule has 0 fully saturated rings. The molecule has 1 rings (SSSR count). The van der Waals surface area contributed by atoms with Crippen LogP contribution in [0.1, 0.15) is 11.1 Å². The Bertz CT molecular complexity index is 555. The Labute approximate surface area is 113 Å². The smallest absolute Gasteiger partial charge is 0.243 e. The summed E-state index contributed by atoms with van der Waals surface area (Å²) in [6.45, 7) is 5.12. The molecule has 100 valence electrons. The molecule has 0 atom stereocenters. The molecule has 0 bridgehead atoms. The predicted octanol–water partition coefficient (Wildman–Crippen LogP) is 1.95. The van der Waals surface area contributed by atoms with Gasteiger partial charge in [0.25, 0.3) is 0 Å². The Morgan fingerprint density at radius 1 is 1.50 bits per heavy atom. The van der Waals surface area contributed by atoms with E-state index < -0.39 is 10.0 Å². The number of sulfonamides is 1. The van der Waals surface area contributed by atoms with Gasteiger partial charge in [-0.1, -0.05) is 17.7 Å². The van der Waals surface area contributed by atoms with Gasteiger partial charge in [0.15, 0.2) is 0 Å². The van der Waals surface area contributed by atoms with E-state index in [9.17, 15) is 13.5 Å². The van der Waals surface area contributed by atoms with Crippen LogP contribution in [0.4, 0.5) is 0 Å². The van der Waals surface area contributed by atoms with E-state index in [2.05, 4.69) is 6.58 Å². The van der Waals surface area contributed by atoms with Gasteiger partial charge in [0, 0.05) is 18.6 Å². The van der Waals surface area contributed by atoms with Gasteiger partial charge in [-0.2, -0.15) is 4.31 Å². The van der Waals surface area contributed by atoms with Crippen LogP contribution in [0.25, 0.3) is 0 Å². The first-order valence-corrected chi connectivity index (χ1v) is 7.13. The Morgan fingerprint density at radius 2 is 2.11 bits per heavy atom. The van der Waals surface area contributed by atoms with E-state index in [1.165, 1.54) is 23.5 Å². The van der Waals surface area contributed by atoms with Gasteiger partial charge in [-0.05, 0) is 30.2 Å². The van der Waals surface area contributed by atoms with Gasteiger partial charge >= 0.3 is 0 Å². The molecule has 0 radical (unpaired) electrons. The third-order valence-electron chi connectivity index (χ3n) is 2.68. The number of benzene rings is 1. The average Bonchev–Trinajstić information content (AvgIpc) is 2.31. The van der Waals surface area contributed by atoms with E-state index in [4.69, 9.17) is 11.6 Å². The standard InChI is InChI=1S/C12H16ClNO3S/c1-4-5-14(3)18(16,17)12-7-11(13)6-10(8-15)9(12)2/h4,6-7,15H,1,5,8H2,2-3H3. The van der Waals surface area contributed by atoms with Crippen molar-refractivity contribution in [2.45, 2.75) is 18.4 Å². The third kappa shape index (κ3) is 2.92. The Morgan fingerprint density at radius 3 is 2.61 bits per heavy atom. The highest BCUT2D eigenvalue weighted by atomic mass is 35.5. The minimum absolute atomic E-state index is 0.114. The summed E-state index contributed by atoms with van der Waals surface area (Å²) in [4.78, 5) is 0.114. The first-order chi connectivity index (χ1) is 8.34. The number of hydrogen-bond acceptors (Lipinski definition) is 3. The molecule has 0 saturated carbocycles. The number of aliphatic hydroxyl groups is 1. The summed E-state index contributed by atoms with van der Waals surface area (Å²) in [5.41, 5.74) is 1.02. The van der Waals surface area contributed by atoms with Crippen molar-refractivity contribution in [3.05, 3.63) is 40.9 Å². The van der Waals surface area contributed by atoms with E-state index in [1.54, 1.807) is 13.0 Å². The summed E-state index contributed by atoms with van der Waals surface area (Å²) in [5.74, 6) is 0. The molecule has 6 heteroatoms. The maximum atomic E-state index is 12.3. The van der Waals surface area contributed by atoms with Crippen LogP contribution in [0.5, 0.6) is 0 Å². The summed E-state index contributed by atoms with van der Waals surface area (Å²) < 4.78 is 25.8. The van der Waals surface area contributed by atoms with Crippen LogP contribution in [-0.4, -0.2) is 31.4 Å². The Balaban J connectivity index is 3.41. The highest BCUT2D eigenvalue weighted by Gasteiger charge is 2.23. The maximum Gasteiger partial charge on any atom is 0.243 e. The third-order valence-corrected chi connectivity index (χ3v) is 4.84. The lowest BCUT2D eigenvalue weighted by atomic mass is 10.1. The van der Waals surface area contributed by atoms with Crippen LogP contribution in [0, 0.1) is 6.92 Å². The van der Waals surface area contributed by atoms with E-state index in [-0.39, 0.29) is 23.1 Å². The van der Waals surface area contributed by atoms with Crippen LogP contribution in [0.15, 0.2) is 29.7 Å². The number of halogens is 1. The first-order valence-electron chi connectivity index (χ1n) is 5.31. The molecule has 1 N–H and O–H groups in total. The molecule has 1 aromatic carbocycles. The van der Waals surface area contributed by atoms with E-state index in [1.807, 2.05) is 0 Å². The molecule has 0 saturated heterocycles. The van der Waals surface area contributed by atoms with Crippen molar-refractivity contribution in [3.63, 3.8) is 0 Å². The second-order valence-corrected chi connectivity index (χ2v) is 6.37. The van der Waals surface area contributed by atoms with Gasteiger partial charge in [0.2, 0.25) is 10.0 Å². The number of aliphatic hydroxyl groups excluding tert-OH is 1. The van der Waals surface area contributed by atoms with Crippen molar-refractivity contribution in [1.82, 2.24) is 4.31 Å². The normalized spacial score (nSPS) is 11.8. The molecule has 0 unspecified atom stereocenters. The second kappa shape index (κ2) is 5.84. The van der Waals surface area contributed by atoms with Gasteiger partial charge in [-0.25, -0.2) is 8.42 Å². The lowest BCUT2D eigenvalue weighted by Crippen LogP contribution is -2.27. The largest absolute Gasteiger partial charge is 0.392 e. The first kappa shape index (κ1) is 15.2. The molecule has 0 amide bonds. The molecule has 0 aromatic heterocycles. The molecule has 0 aliphatic heterocycles. The highest BCUT2D eigenvalue weighted by molar-refractivity contribution is 7.89. The van der Waals surface area contributed by atoms with Crippen molar-refractivity contribution in [2.24, 2.45) is 0 Å². The predicted molar refractivity (Wildman–Crippen MR) is 72.1 cm³/mol. The monoisotopic (exact) mass is 289 g/mol. The number of nitrogens with zero attached hydrogens (tertiary/aromatic N) is 1. The van der Waals surface area contributed by atoms with Crippen molar-refractivity contribution < 1.29 is 13.5 Å². The fourth-order valence-corrected chi connectivity index (χ4v) is 3.32. The van der Waals surface area contributed by atoms with Gasteiger partial charge < -0.3 is 5.11 Å². The summed E-state index contributed by atoms with van der Waals surface area (Å²) in [6.07, 6.45) is 1.50. The second-order valence-electron chi connectivity index (χ2n) is 3.92. The lowest BCUT2D eigenvalue weighted by molar-refractivity contribution is 0.280. The molecule has 18 heavy (non-hydrogen) atoms. The molecular weight excluding hydrogens is 274 g/mol. The summed E-state index contributed by atoms with van der Waals surface area (Å²) in [5, 5.41) is 9.48. The zero-order chi connectivity index (χ0) is 13.9. The SMILES string of the molecule is C=CCN(C)S(=O)(=O)c1cc(Cl)cc(CO)c1C. The van der Waals surface area contributed by atoms with Gasteiger partial charge in [0.05, 0.1) is 11.5 Å². The van der Waals surface area contributed by atoms with Gasteiger partial charge in [0.1, 0.15) is 0 Å². The maximum absolute atomic E-state index is 12.3. The topological polar surface area (TPSA) is 57.6 Å². The molecule has 1 aromatic rings. The molecule has 0 heterocycles. The Hall–Kier alpha value is -0.880. The molecule has 4 nitrogen and oxygen atoms in total. The Kier molecular flexibility index (Phi) is 4.92. The average molecular weight is 290 g/mol. The molecule has 0 spiro atoms. The van der Waals surface area contributed by atoms with Gasteiger partial charge in [-0.15, -0.1) is 6.58 Å². The van der Waals surface area contributed by atoms with Crippen LogP contribution < -0.4 is 0 Å². The number of hydrogen-bond donors (Lipinski definition) is 1. The van der Waals surface area contributed by atoms with Crippen molar-refractivity contribution in [3.8, 4) is 0 Å². The number of likely N-dealkylation sites (N-methyl/N-ethyl adjacent to an activating group) is 1. The highest BCUT2D eigenvalue weighted by Crippen LogP contribution is 2.26. The fraction of sp³-hybridized carbons (Fsp3) is 0.333. The number of rotatable bonds is 5. The zero-order valence-electron chi connectivity index (χ0n) is 10.4. The van der Waals surface area contributed by atoms with E-state index >= 15 is 0 Å². The quantitative estimate of drug-likeness (QED) is 0.843. The van der Waals surface area contributed by atoms with E-state index in [0.717, 1.165) is 0 Å². The van der Waals surface area contributed by atoms with Crippen molar-refractivity contribution in [2.75, 3.05) is 13.6 Å². The minimum atomic E-state index is -3.62. The minimum Gasteiger partial charge on any atom is -0.392 e. The van der Waals surface area contributed by atoms with Crippen LogP contribution in [0.2, 0.25) is 5.02 Å². The van der Waals surface area contributed by atoms with Crippen molar-refractivity contribution in [1.29, 1.82) is 0 Å². The summed E-state index contributed by atoms with van der Waals surface area (Å²) in [6, 6.07) is 2.95. The zero-order valence-corrected chi connectivity index (χ0v) is 11.9. The van der Waals surface area contributed by atoms with Crippen LogP contribution in [-0.2, 0) is 16.6 Å². The van der Waals surface area contributed by atoms with Crippen LogP contribution >= 0.6 is 11.6 Å². The van der Waals surface area contributed by atoms with E-state index in [0.29, 0.717) is 11.1 Å². The fourth-order valence-electron chi connectivity index (χ4n) is 1.59. The summed E-state index contributed by atoms with van der Waals surface area (Å²) >= 11 is 5.87. The molecule has 0 aliphatic rings. The molecule has 0 aliphatic carbocycles.